The molecule has 8 aromatic rings. The molecule has 1 aliphatic carbocycles. The Kier molecular flexibility index (Phi) is 35.4. The average molecular weight is 1740 g/mol. The number of amides is 8. The van der Waals surface area contributed by atoms with E-state index in [9.17, 15) is 47.9 Å². The van der Waals surface area contributed by atoms with Gasteiger partial charge in [-0.3, -0.25) is 58.0 Å². The van der Waals surface area contributed by atoms with Gasteiger partial charge in [-0.15, -0.1) is 13.2 Å². The van der Waals surface area contributed by atoms with Crippen molar-refractivity contribution in [1.82, 2.24) is 19.6 Å². The Morgan fingerprint density at radius 2 is 0.778 bits per heavy atom. The predicted molar refractivity (Wildman–Crippen MR) is 496 cm³/mol. The number of benzene rings is 8. The topological polar surface area (TPSA) is 270 Å². The van der Waals surface area contributed by atoms with Crippen LogP contribution in [0.1, 0.15) is 268 Å². The summed E-state index contributed by atoms with van der Waals surface area (Å²) in [6.45, 7) is 40.5. The summed E-state index contributed by atoms with van der Waals surface area (Å²) in [5.74, 6) is -0.0905. The third-order valence-corrected chi connectivity index (χ3v) is 26.5. The average Bonchev–Trinajstić information content (AvgIpc) is 0.716. The number of ether oxygens (including phenoxy) is 5. The SMILES string of the molecule is C=C(C)CCOc1ccc2c3c(cccc13)C(=O)N(CCCC)C2=O.C=C(C)CCOc1ccc2c3c(cccc13)C(=O)N(CCCCCC)C2=O.C=CC(=O)OCCCCCCNc1ccc2c3c(cccc13)C(=O)N(C1CCC(C(C)(C)C)CC1)C2=O.C=CC(=O)OCCCOc1ccc2c3c(cccc13)C(=O)N(CCC[Si](OCC)(OCC)OCC)C2=O. The summed E-state index contributed by atoms with van der Waals surface area (Å²) in [5, 5.41) is 9.52. The van der Waals surface area contributed by atoms with Gasteiger partial charge in [0.05, 0.1) is 33.0 Å². The van der Waals surface area contributed by atoms with E-state index in [0.717, 1.165) is 154 Å². The lowest BCUT2D eigenvalue weighted by atomic mass is 9.71. The molecular weight excluding hydrogens is 1610 g/mol. The zero-order valence-electron chi connectivity index (χ0n) is 75.2. The van der Waals surface area contributed by atoms with Gasteiger partial charge in [-0.2, -0.15) is 0 Å². The van der Waals surface area contributed by atoms with Gasteiger partial charge >= 0.3 is 20.7 Å². The highest BCUT2D eigenvalue weighted by molar-refractivity contribution is 6.60. The van der Waals surface area contributed by atoms with Crippen molar-refractivity contribution in [2.24, 2.45) is 11.3 Å². The lowest BCUT2D eigenvalue weighted by Crippen LogP contribution is -2.49. The molecule has 0 unspecified atom stereocenters. The minimum atomic E-state index is -2.88. The lowest BCUT2D eigenvalue weighted by molar-refractivity contribution is -0.138. The van der Waals surface area contributed by atoms with Crippen molar-refractivity contribution in [3.63, 3.8) is 0 Å². The first-order valence-corrected chi connectivity index (χ1v) is 46.8. The van der Waals surface area contributed by atoms with Crippen LogP contribution in [0.2, 0.25) is 6.04 Å². The summed E-state index contributed by atoms with van der Waals surface area (Å²) in [6, 6.07) is 37.2. The smallest absolute Gasteiger partial charge is 0.493 e. The van der Waals surface area contributed by atoms with E-state index in [1.165, 1.54) is 20.8 Å². The van der Waals surface area contributed by atoms with Crippen LogP contribution in [0, 0.1) is 11.3 Å². The number of hydrogen-bond acceptors (Lipinski definition) is 19. The normalized spacial score (nSPS) is 15.2. The summed E-state index contributed by atoms with van der Waals surface area (Å²) in [4.78, 5) is 133. The highest BCUT2D eigenvalue weighted by Gasteiger charge is 2.44. The Bertz CT molecular complexity index is 5240. The van der Waals surface area contributed by atoms with E-state index in [2.05, 4.69) is 59.3 Å². The van der Waals surface area contributed by atoms with E-state index in [1.54, 1.807) is 53.4 Å². The molecule has 126 heavy (non-hydrogen) atoms. The molecule has 0 saturated heterocycles. The zero-order valence-corrected chi connectivity index (χ0v) is 76.2. The van der Waals surface area contributed by atoms with Crippen LogP contribution in [0.4, 0.5) is 5.69 Å². The maximum Gasteiger partial charge on any atom is 0.500 e. The van der Waals surface area contributed by atoms with E-state index in [0.29, 0.717) is 167 Å². The molecule has 8 aromatic carbocycles. The minimum Gasteiger partial charge on any atom is -0.493 e. The second-order valence-electron chi connectivity index (χ2n) is 33.4. The highest BCUT2D eigenvalue weighted by Crippen LogP contribution is 2.44. The first kappa shape index (κ1) is 96.8. The number of esters is 2. The van der Waals surface area contributed by atoms with Crippen LogP contribution in [0.25, 0.3) is 43.1 Å². The largest absolute Gasteiger partial charge is 0.500 e. The number of carbonyl (C=O) groups excluding carboxylic acids is 10. The maximum absolute atomic E-state index is 13.6. The quantitative estimate of drug-likeness (QED) is 0.00930. The van der Waals surface area contributed by atoms with Gasteiger partial charge in [0.15, 0.2) is 0 Å². The molecule has 1 N–H and O–H groups in total. The van der Waals surface area contributed by atoms with Crippen LogP contribution in [0.3, 0.4) is 0 Å². The monoisotopic (exact) mass is 1740 g/mol. The summed E-state index contributed by atoms with van der Waals surface area (Å²) >= 11 is 0. The van der Waals surface area contributed by atoms with Gasteiger partial charge in [0.25, 0.3) is 47.3 Å². The van der Waals surface area contributed by atoms with Gasteiger partial charge in [-0.25, -0.2) is 9.59 Å². The highest BCUT2D eigenvalue weighted by atomic mass is 28.4. The van der Waals surface area contributed by atoms with E-state index in [4.69, 9.17) is 37.0 Å². The van der Waals surface area contributed by atoms with Gasteiger partial charge in [-0.05, 0) is 183 Å². The number of anilines is 1. The predicted octanol–water partition coefficient (Wildman–Crippen LogP) is 21.1. The molecule has 8 amide bonds. The number of hydrogen-bond donors (Lipinski definition) is 1. The first-order chi connectivity index (χ1) is 60.7. The van der Waals surface area contributed by atoms with E-state index in [1.807, 2.05) is 114 Å². The maximum atomic E-state index is 13.6. The van der Waals surface area contributed by atoms with Gasteiger partial charge < -0.3 is 42.3 Å². The fourth-order valence-electron chi connectivity index (χ4n) is 16.8. The van der Waals surface area contributed by atoms with Crippen molar-refractivity contribution in [3.8, 4) is 17.2 Å². The molecule has 0 bridgehead atoms. The first-order valence-electron chi connectivity index (χ1n) is 44.8. The van der Waals surface area contributed by atoms with E-state index >= 15 is 0 Å². The van der Waals surface area contributed by atoms with Crippen LogP contribution >= 0.6 is 0 Å². The van der Waals surface area contributed by atoms with Crippen LogP contribution in [-0.2, 0) is 32.3 Å². The van der Waals surface area contributed by atoms with Gasteiger partial charge in [-0.1, -0.05) is 140 Å². The molecule has 0 atom stereocenters. The standard InChI is InChI=1S/C31H40N2O4.C27H35NO8Si.C23H27NO3.C21H23NO3/c1-5-27(34)37-20-9-7-6-8-19-32-26-18-17-25-28-23(26)11-10-12-24(28)29(35)33(30(25)36)22-15-13-21(14-16-22)31(2,3)4;1-5-24(29)33-18-11-17-32-23-15-14-22-25-20(23)12-9-13-21(25)26(30)28(27(22)31)16-10-19-37(34-6-2,35-7-3)36-8-4;1-4-5-6-7-14-24-22(25)18-10-8-9-17-20(27-15-13-16(2)3)12-11-19(21(17)18)23(24)26;1-4-5-12-22-20(23)16-8-6-7-15-18(25-13-11-14(2)3)10-9-17(19(15)16)21(22)24/h5,10-12,17-18,21-22,32H,1,6-9,13-16,19-20H2,2-4H3;5,9,12-15H,1,6-8,10-11,16-19H2,2-4H3;8-12H,2,4-7,13-15H2,1,3H3;6-10H,2,4-5,11-13H2,1,3H3. The van der Waals surface area contributed by atoms with Crippen molar-refractivity contribution in [2.75, 3.05) is 84.4 Å². The molecule has 4 aliphatic heterocycles. The third kappa shape index (κ3) is 23.4. The number of imide groups is 4. The Morgan fingerprint density at radius 3 is 1.20 bits per heavy atom. The lowest BCUT2D eigenvalue weighted by Gasteiger charge is -2.41. The van der Waals surface area contributed by atoms with Crippen molar-refractivity contribution in [1.29, 1.82) is 0 Å². The Labute approximate surface area is 742 Å². The summed E-state index contributed by atoms with van der Waals surface area (Å²) in [7, 11) is -2.88. The molecule has 4 heterocycles. The van der Waals surface area contributed by atoms with Gasteiger partial charge in [0.1, 0.15) is 17.2 Å². The summed E-state index contributed by atoms with van der Waals surface area (Å²) in [6.07, 6.45) is 18.3. The molecule has 0 radical (unpaired) electrons. The molecular formula is C102H125N5O18Si. The Balaban J connectivity index is 0.000000178. The van der Waals surface area contributed by atoms with Crippen molar-refractivity contribution < 1.29 is 84.9 Å². The summed E-state index contributed by atoms with van der Waals surface area (Å²) in [5.41, 5.74) is 7.81. The third-order valence-electron chi connectivity index (χ3n) is 23.3. The fraction of sp³-hybridized carbons (Fsp3) is 0.431. The molecule has 0 aromatic heterocycles. The van der Waals surface area contributed by atoms with Gasteiger partial charge in [0.2, 0.25) is 0 Å². The Hall–Kier alpha value is -11.4. The van der Waals surface area contributed by atoms with Crippen LogP contribution in [0.5, 0.6) is 17.2 Å². The zero-order chi connectivity index (χ0) is 90.8. The van der Waals surface area contributed by atoms with Crippen molar-refractivity contribution in [2.45, 2.75) is 197 Å². The second-order valence-corrected chi connectivity index (χ2v) is 36.2. The van der Waals surface area contributed by atoms with Gasteiger partial charge in [0, 0.05) is 183 Å². The number of carbonyl (C=O) groups is 10. The number of nitrogens with zero attached hydrogens (tertiary/aromatic N) is 4. The number of unbranched alkanes of at least 4 members (excludes halogenated alkanes) is 7. The minimum absolute atomic E-state index is 0.0277. The molecule has 5 aliphatic rings. The number of rotatable bonds is 42. The number of nitrogens with one attached hydrogen (secondary N) is 1. The van der Waals surface area contributed by atoms with Crippen molar-refractivity contribution in [3.05, 3.63) is 215 Å². The van der Waals surface area contributed by atoms with Crippen LogP contribution < -0.4 is 19.5 Å². The fourth-order valence-corrected chi connectivity index (χ4v) is 19.4. The Morgan fingerprint density at radius 1 is 0.413 bits per heavy atom. The van der Waals surface area contributed by atoms with E-state index in [-0.39, 0.29) is 77.8 Å². The molecule has 13 rings (SSSR count). The second kappa shape index (κ2) is 46.2. The molecule has 24 heteroatoms. The van der Waals surface area contributed by atoms with Crippen LogP contribution in [-0.4, -0.2) is 173 Å². The molecule has 0 spiro atoms. The van der Waals surface area contributed by atoms with E-state index < -0.39 is 14.8 Å². The molecule has 1 fully saturated rings. The molecule has 1 saturated carbocycles. The molecule has 23 nitrogen and oxygen atoms in total. The van der Waals surface area contributed by atoms with Crippen LogP contribution in [0.15, 0.2) is 171 Å². The summed E-state index contributed by atoms with van der Waals surface area (Å²) < 4.78 is 45.3. The molecule has 670 valence electrons. The van der Waals surface area contributed by atoms with Crippen molar-refractivity contribution >= 4 is 117 Å².